The lowest BCUT2D eigenvalue weighted by Crippen LogP contribution is -2.36. The van der Waals surface area contributed by atoms with Crippen molar-refractivity contribution in [3.8, 4) is 0 Å². The molecule has 0 aliphatic rings. The number of anilines is 1. The monoisotopic (exact) mass is 507 g/mol. The van der Waals surface area contributed by atoms with Gasteiger partial charge in [-0.1, -0.05) is 34.5 Å². The quantitative estimate of drug-likeness (QED) is 0.485. The minimum atomic E-state index is -3.33. The highest BCUT2D eigenvalue weighted by molar-refractivity contribution is 7.90. The first-order valence-corrected chi connectivity index (χ1v) is 12.0. The van der Waals surface area contributed by atoms with E-state index in [-0.39, 0.29) is 23.2 Å². The fourth-order valence-electron chi connectivity index (χ4n) is 2.66. The van der Waals surface area contributed by atoms with Crippen LogP contribution in [0.4, 0.5) is 5.13 Å². The van der Waals surface area contributed by atoms with E-state index in [1.165, 1.54) is 17.4 Å². The molecule has 0 saturated carbocycles. The van der Waals surface area contributed by atoms with Crippen molar-refractivity contribution in [1.29, 1.82) is 0 Å². The van der Waals surface area contributed by atoms with Gasteiger partial charge >= 0.3 is 0 Å². The number of carbonyl (C=O) groups is 1. The summed E-state index contributed by atoms with van der Waals surface area (Å²) in [4.78, 5) is 21.5. The molecule has 162 valence electrons. The summed E-state index contributed by atoms with van der Waals surface area (Å²) in [6, 6.07) is 9.44. The van der Waals surface area contributed by atoms with E-state index < -0.39 is 9.84 Å². The Kier molecular flexibility index (Phi) is 8.12. The van der Waals surface area contributed by atoms with Gasteiger partial charge in [-0.2, -0.15) is 0 Å². The Morgan fingerprint density at radius 1 is 1.07 bits per heavy atom. The molecule has 0 aliphatic heterocycles. The van der Waals surface area contributed by atoms with E-state index in [4.69, 9.17) is 23.2 Å². The molecule has 1 amide bonds. The van der Waals surface area contributed by atoms with Crippen LogP contribution in [0.2, 0.25) is 10.0 Å². The van der Waals surface area contributed by atoms with Crippen molar-refractivity contribution >= 4 is 78.0 Å². The van der Waals surface area contributed by atoms with Crippen LogP contribution in [0.15, 0.2) is 41.3 Å². The molecule has 1 heterocycles. The average molecular weight is 509 g/mol. The van der Waals surface area contributed by atoms with Gasteiger partial charge in [-0.05, 0) is 50.5 Å². The van der Waals surface area contributed by atoms with Crippen LogP contribution in [-0.4, -0.2) is 57.6 Å². The number of amides is 1. The number of sulfone groups is 1. The predicted octanol–water partition coefficient (Wildman–Crippen LogP) is 4.64. The minimum Gasteiger partial charge on any atom is -0.308 e. The number of aromatic nitrogens is 1. The van der Waals surface area contributed by atoms with Crippen LogP contribution in [-0.2, 0) is 9.84 Å². The summed E-state index contributed by atoms with van der Waals surface area (Å²) in [5.41, 5.74) is 0.988. The first kappa shape index (κ1) is 24.8. The third-order valence-electron chi connectivity index (χ3n) is 4.13. The highest BCUT2D eigenvalue weighted by Gasteiger charge is 2.22. The molecule has 3 rings (SSSR count). The molecule has 0 radical (unpaired) electrons. The van der Waals surface area contributed by atoms with Gasteiger partial charge < -0.3 is 4.90 Å². The van der Waals surface area contributed by atoms with Crippen molar-refractivity contribution in [3.63, 3.8) is 0 Å². The van der Waals surface area contributed by atoms with E-state index in [0.717, 1.165) is 6.26 Å². The molecule has 0 unspecified atom stereocenters. The van der Waals surface area contributed by atoms with Crippen molar-refractivity contribution in [2.24, 2.45) is 0 Å². The number of carbonyl (C=O) groups excluding carboxylic acids is 1. The van der Waals surface area contributed by atoms with Crippen molar-refractivity contribution in [2.45, 2.75) is 4.90 Å². The van der Waals surface area contributed by atoms with Gasteiger partial charge in [0.1, 0.15) is 0 Å². The second kappa shape index (κ2) is 9.80. The molecule has 0 fully saturated rings. The second-order valence-electron chi connectivity index (χ2n) is 6.82. The van der Waals surface area contributed by atoms with E-state index in [2.05, 4.69) is 4.98 Å². The fraction of sp³-hybridized carbons (Fsp3) is 0.263. The zero-order chi connectivity index (χ0) is 21.3. The number of hydrogen-bond donors (Lipinski definition) is 0. The molecule has 0 saturated heterocycles. The van der Waals surface area contributed by atoms with E-state index in [9.17, 15) is 13.2 Å². The zero-order valence-electron chi connectivity index (χ0n) is 16.4. The molecule has 3 aromatic rings. The number of hydrogen-bond acceptors (Lipinski definition) is 6. The van der Waals surface area contributed by atoms with Crippen molar-refractivity contribution in [3.05, 3.63) is 52.0 Å². The lowest BCUT2D eigenvalue weighted by Gasteiger charge is -2.22. The summed E-state index contributed by atoms with van der Waals surface area (Å²) < 4.78 is 24.4. The van der Waals surface area contributed by atoms with Gasteiger partial charge in [0.2, 0.25) is 0 Å². The molecule has 0 bridgehead atoms. The number of benzene rings is 2. The Morgan fingerprint density at radius 2 is 1.70 bits per heavy atom. The third kappa shape index (κ3) is 5.84. The topological polar surface area (TPSA) is 70.6 Å². The molecule has 2 aromatic carbocycles. The summed E-state index contributed by atoms with van der Waals surface area (Å²) in [7, 11) is 0.491. The average Bonchev–Trinajstić information content (AvgIpc) is 3.02. The van der Waals surface area contributed by atoms with Gasteiger partial charge in [-0.3, -0.25) is 9.69 Å². The smallest absolute Gasteiger partial charge is 0.260 e. The maximum atomic E-state index is 13.2. The Bertz CT molecular complexity index is 1160. The Hall–Kier alpha value is -1.42. The number of rotatable bonds is 6. The maximum absolute atomic E-state index is 13.2. The van der Waals surface area contributed by atoms with Gasteiger partial charge in [0.15, 0.2) is 15.0 Å². The summed E-state index contributed by atoms with van der Waals surface area (Å²) in [5, 5.41) is 1.22. The standard InChI is InChI=1S/C19H19Cl2N3O3S2.ClH/c1-23(2)6-7-24(18(25)12-8-13(20)10-14(21)9-12)19-22-16-5-4-15(29(3,26)27)11-17(16)28-19;/h4-5,8-11H,6-7H2,1-3H3;1H. The number of likely N-dealkylation sites (N-methyl/N-ethyl adjacent to an activating group) is 1. The SMILES string of the molecule is CN(C)CCN(C(=O)c1cc(Cl)cc(Cl)c1)c1nc2ccc(S(C)(=O)=O)cc2s1.Cl. The molecule has 30 heavy (non-hydrogen) atoms. The lowest BCUT2D eigenvalue weighted by atomic mass is 10.2. The summed E-state index contributed by atoms with van der Waals surface area (Å²) in [6.45, 7) is 1.01. The fourth-order valence-corrected chi connectivity index (χ4v) is 4.93. The summed E-state index contributed by atoms with van der Waals surface area (Å²) in [6.07, 6.45) is 1.16. The van der Waals surface area contributed by atoms with Crippen LogP contribution in [0, 0.1) is 0 Å². The summed E-state index contributed by atoms with van der Waals surface area (Å²) in [5.74, 6) is -0.279. The zero-order valence-corrected chi connectivity index (χ0v) is 20.4. The van der Waals surface area contributed by atoms with Gasteiger partial charge in [0.25, 0.3) is 5.91 Å². The normalized spacial score (nSPS) is 11.5. The van der Waals surface area contributed by atoms with Crippen LogP contribution >= 0.6 is 46.9 Å². The van der Waals surface area contributed by atoms with Crippen molar-refractivity contribution < 1.29 is 13.2 Å². The second-order valence-corrected chi connectivity index (χ2v) is 10.7. The van der Waals surface area contributed by atoms with Gasteiger partial charge in [0.05, 0.1) is 15.1 Å². The van der Waals surface area contributed by atoms with E-state index >= 15 is 0 Å². The predicted molar refractivity (Wildman–Crippen MR) is 127 cm³/mol. The maximum Gasteiger partial charge on any atom is 0.260 e. The van der Waals surface area contributed by atoms with E-state index in [1.54, 1.807) is 35.2 Å². The molecule has 0 N–H and O–H groups in total. The van der Waals surface area contributed by atoms with Crippen LogP contribution in [0.3, 0.4) is 0 Å². The third-order valence-corrected chi connectivity index (χ3v) is 6.72. The minimum absolute atomic E-state index is 0. The number of nitrogens with zero attached hydrogens (tertiary/aromatic N) is 3. The highest BCUT2D eigenvalue weighted by Crippen LogP contribution is 2.32. The van der Waals surface area contributed by atoms with Crippen molar-refractivity contribution in [2.75, 3.05) is 38.3 Å². The molecule has 1 aromatic heterocycles. The van der Waals surface area contributed by atoms with Crippen LogP contribution < -0.4 is 4.90 Å². The molecule has 0 atom stereocenters. The van der Waals surface area contributed by atoms with Gasteiger partial charge in [-0.25, -0.2) is 13.4 Å². The van der Waals surface area contributed by atoms with Gasteiger partial charge in [-0.15, -0.1) is 12.4 Å². The van der Waals surface area contributed by atoms with Crippen LogP contribution in [0.25, 0.3) is 10.2 Å². The molecule has 11 heteroatoms. The van der Waals surface area contributed by atoms with Crippen LogP contribution in [0.1, 0.15) is 10.4 Å². The van der Waals surface area contributed by atoms with Gasteiger partial charge in [0, 0.05) is 35.0 Å². The molecular formula is C19H20Cl3N3O3S2. The lowest BCUT2D eigenvalue weighted by molar-refractivity contribution is 0.0985. The largest absolute Gasteiger partial charge is 0.308 e. The number of fused-ring (bicyclic) bond motifs is 1. The first-order valence-electron chi connectivity index (χ1n) is 8.58. The molecule has 6 nitrogen and oxygen atoms in total. The molecular weight excluding hydrogens is 489 g/mol. The molecule has 0 aliphatic carbocycles. The Morgan fingerprint density at radius 3 is 2.27 bits per heavy atom. The Labute approximate surface area is 195 Å². The molecule has 0 spiro atoms. The highest BCUT2D eigenvalue weighted by atomic mass is 35.5. The van der Waals surface area contributed by atoms with Crippen molar-refractivity contribution in [1.82, 2.24) is 9.88 Å². The number of thiazole rings is 1. The first-order chi connectivity index (χ1) is 13.5. The number of halogens is 3. The van der Waals surface area contributed by atoms with E-state index in [1.807, 2.05) is 19.0 Å². The Balaban J connectivity index is 0.00000320. The van der Waals surface area contributed by atoms with Crippen LogP contribution in [0.5, 0.6) is 0 Å². The summed E-state index contributed by atoms with van der Waals surface area (Å²) >= 11 is 13.4. The van der Waals surface area contributed by atoms with E-state index in [0.29, 0.717) is 44.0 Å².